The highest BCUT2D eigenvalue weighted by atomic mass is 35.5. The van der Waals surface area contributed by atoms with E-state index in [1.165, 1.54) is 21.2 Å². The third kappa shape index (κ3) is 4.99. The smallest absolute Gasteiger partial charge is 0.144 e. The minimum atomic E-state index is -1.91. The van der Waals surface area contributed by atoms with Crippen LogP contribution in [-0.4, -0.2) is 9.97 Å². The Bertz CT molecular complexity index is 1000. The molecule has 32 heavy (non-hydrogen) atoms. The number of halogens is 1. The zero-order valence-electron chi connectivity index (χ0n) is 18.0. The van der Waals surface area contributed by atoms with Gasteiger partial charge in [0.15, 0.2) is 0 Å². The molecule has 4 aromatic carbocycles. The van der Waals surface area contributed by atoms with Gasteiger partial charge in [0.25, 0.3) is 0 Å². The average Bonchev–Trinajstić information content (AvgIpc) is 3.34. The first-order valence-electron chi connectivity index (χ1n) is 10.4. The molecule has 0 spiro atoms. The molecule has 0 saturated carbocycles. The van der Waals surface area contributed by atoms with E-state index in [2.05, 4.69) is 131 Å². The fourth-order valence-electron chi connectivity index (χ4n) is 3.85. The van der Waals surface area contributed by atoms with Crippen LogP contribution in [0.1, 0.15) is 5.82 Å². The van der Waals surface area contributed by atoms with Gasteiger partial charge < -0.3 is 17.4 Å². The summed E-state index contributed by atoms with van der Waals surface area (Å²) in [5, 5.41) is 5.55. The van der Waals surface area contributed by atoms with Gasteiger partial charge in [0.05, 0.1) is 0 Å². The Kier molecular flexibility index (Phi) is 8.39. The summed E-state index contributed by atoms with van der Waals surface area (Å²) in [5.41, 5.74) is 0. The first kappa shape index (κ1) is 23.5. The SMILES string of the molecule is Cc1ncc[nH]1.[Cl-].c1ccc([P+](c2ccccc2)(c2ccccc2)c2ccccc2)cc1. The van der Waals surface area contributed by atoms with Crippen molar-refractivity contribution in [2.24, 2.45) is 0 Å². The van der Waals surface area contributed by atoms with Gasteiger partial charge in [-0.3, -0.25) is 0 Å². The molecule has 1 heterocycles. The first-order valence-corrected chi connectivity index (χ1v) is 12.2. The number of rotatable bonds is 4. The van der Waals surface area contributed by atoms with E-state index in [0.717, 1.165) is 5.82 Å². The van der Waals surface area contributed by atoms with Gasteiger partial charge in [-0.25, -0.2) is 4.98 Å². The number of imidazole rings is 1. The van der Waals surface area contributed by atoms with Gasteiger partial charge in [-0.05, 0) is 55.5 Å². The van der Waals surface area contributed by atoms with Crippen molar-refractivity contribution in [2.45, 2.75) is 6.92 Å². The molecule has 0 aliphatic rings. The predicted octanol–water partition coefficient (Wildman–Crippen LogP) is 2.03. The van der Waals surface area contributed by atoms with E-state index in [1.54, 1.807) is 12.4 Å². The van der Waals surface area contributed by atoms with Crippen molar-refractivity contribution < 1.29 is 12.4 Å². The van der Waals surface area contributed by atoms with Gasteiger partial charge in [0.2, 0.25) is 0 Å². The molecule has 5 rings (SSSR count). The monoisotopic (exact) mass is 456 g/mol. The van der Waals surface area contributed by atoms with Crippen LogP contribution in [0.15, 0.2) is 134 Å². The number of aryl methyl sites for hydroxylation is 1. The average molecular weight is 457 g/mol. The second kappa shape index (κ2) is 11.4. The molecule has 0 amide bonds. The van der Waals surface area contributed by atoms with E-state index in [9.17, 15) is 0 Å². The Morgan fingerprint density at radius 3 is 1.03 bits per heavy atom. The molecule has 2 nitrogen and oxygen atoms in total. The quantitative estimate of drug-likeness (QED) is 0.412. The zero-order valence-corrected chi connectivity index (χ0v) is 19.6. The van der Waals surface area contributed by atoms with E-state index in [-0.39, 0.29) is 12.4 Å². The number of aromatic nitrogens is 2. The molecule has 0 bridgehead atoms. The van der Waals surface area contributed by atoms with Crippen molar-refractivity contribution in [3.63, 3.8) is 0 Å². The molecule has 0 unspecified atom stereocenters. The highest BCUT2D eigenvalue weighted by Crippen LogP contribution is 2.53. The molecule has 0 saturated heterocycles. The number of H-pyrrole nitrogens is 1. The Labute approximate surface area is 197 Å². The van der Waals surface area contributed by atoms with Gasteiger partial charge in [-0.2, -0.15) is 0 Å². The Hall–Kier alpha value is -3.19. The molecule has 0 aliphatic carbocycles. The Morgan fingerprint density at radius 2 is 0.844 bits per heavy atom. The number of hydrogen-bond donors (Lipinski definition) is 1. The minimum absolute atomic E-state index is 0. The Morgan fingerprint density at radius 1 is 0.531 bits per heavy atom. The highest BCUT2D eigenvalue weighted by molar-refractivity contribution is 8.01. The van der Waals surface area contributed by atoms with E-state index < -0.39 is 7.26 Å². The van der Waals surface area contributed by atoms with Crippen LogP contribution < -0.4 is 33.6 Å². The summed E-state index contributed by atoms with van der Waals surface area (Å²) in [7, 11) is -1.91. The molecule has 0 radical (unpaired) electrons. The number of benzene rings is 4. The van der Waals surface area contributed by atoms with Gasteiger partial charge in [0.1, 0.15) is 34.3 Å². The summed E-state index contributed by atoms with van der Waals surface area (Å²) >= 11 is 0. The topological polar surface area (TPSA) is 28.7 Å². The number of hydrogen-bond acceptors (Lipinski definition) is 1. The van der Waals surface area contributed by atoms with Crippen LogP contribution >= 0.6 is 7.26 Å². The molecule has 160 valence electrons. The van der Waals surface area contributed by atoms with E-state index in [1.807, 2.05) is 6.92 Å². The normalized spacial score (nSPS) is 10.4. The molecule has 1 N–H and O–H groups in total. The van der Waals surface area contributed by atoms with Gasteiger partial charge in [0, 0.05) is 12.4 Å². The summed E-state index contributed by atoms with van der Waals surface area (Å²) in [5.74, 6) is 0.968. The number of aromatic amines is 1. The van der Waals surface area contributed by atoms with Crippen molar-refractivity contribution >= 4 is 28.5 Å². The molecule has 0 atom stereocenters. The van der Waals surface area contributed by atoms with E-state index in [0.29, 0.717) is 0 Å². The van der Waals surface area contributed by atoms with Crippen molar-refractivity contribution in [1.29, 1.82) is 0 Å². The molecular weight excluding hydrogens is 431 g/mol. The Balaban J connectivity index is 0.000000360. The van der Waals surface area contributed by atoms with Crippen LogP contribution in [0, 0.1) is 6.92 Å². The van der Waals surface area contributed by atoms with Gasteiger partial charge in [-0.15, -0.1) is 0 Å². The summed E-state index contributed by atoms with van der Waals surface area (Å²) in [6.45, 7) is 1.92. The van der Waals surface area contributed by atoms with Crippen LogP contribution in [0.4, 0.5) is 0 Å². The second-order valence-electron chi connectivity index (χ2n) is 7.19. The predicted molar refractivity (Wildman–Crippen MR) is 135 cm³/mol. The molecule has 0 aliphatic heterocycles. The lowest BCUT2D eigenvalue weighted by Crippen LogP contribution is -3.00. The van der Waals surface area contributed by atoms with E-state index >= 15 is 0 Å². The van der Waals surface area contributed by atoms with Crippen LogP contribution in [-0.2, 0) is 0 Å². The lowest BCUT2D eigenvalue weighted by atomic mass is 10.3. The maximum atomic E-state index is 3.86. The van der Waals surface area contributed by atoms with Crippen LogP contribution in [0.25, 0.3) is 0 Å². The standard InChI is InChI=1S/C24H20P.C4H6N2.ClH/c1-5-13-21(14-6-1)25(22-15-7-2-8-16-22,23-17-9-3-10-18-23)24-19-11-4-12-20-24;1-4-5-2-3-6-4;/h1-20H;2-3H,1H3,(H,5,6);1H/q+1;;/p-1. The lowest BCUT2D eigenvalue weighted by Gasteiger charge is -2.27. The lowest BCUT2D eigenvalue weighted by molar-refractivity contribution is -0.00000623. The first-order chi connectivity index (χ1) is 15.3. The summed E-state index contributed by atoms with van der Waals surface area (Å²) in [6, 6.07) is 43.8. The molecule has 5 aromatic rings. The van der Waals surface area contributed by atoms with Crippen LogP contribution in [0.2, 0.25) is 0 Å². The third-order valence-electron chi connectivity index (χ3n) is 5.21. The maximum Gasteiger partial charge on any atom is 0.144 e. The van der Waals surface area contributed by atoms with Gasteiger partial charge in [-0.1, -0.05) is 72.8 Å². The fourth-order valence-corrected chi connectivity index (χ4v) is 8.11. The molecule has 0 fully saturated rings. The molecular formula is C28H26ClN2P. The number of nitrogens with zero attached hydrogens (tertiary/aromatic N) is 1. The van der Waals surface area contributed by atoms with Crippen LogP contribution in [0.5, 0.6) is 0 Å². The minimum Gasteiger partial charge on any atom is -1.00 e. The molecule has 4 heteroatoms. The largest absolute Gasteiger partial charge is 1.00 e. The highest BCUT2D eigenvalue weighted by Gasteiger charge is 2.47. The summed E-state index contributed by atoms with van der Waals surface area (Å²) in [4.78, 5) is 6.75. The maximum absolute atomic E-state index is 3.86. The zero-order chi connectivity index (χ0) is 21.4. The van der Waals surface area contributed by atoms with Crippen molar-refractivity contribution in [3.05, 3.63) is 140 Å². The fraction of sp³-hybridized carbons (Fsp3) is 0.0357. The van der Waals surface area contributed by atoms with Crippen molar-refractivity contribution in [1.82, 2.24) is 9.97 Å². The van der Waals surface area contributed by atoms with Crippen LogP contribution in [0.3, 0.4) is 0 Å². The summed E-state index contributed by atoms with van der Waals surface area (Å²) in [6.07, 6.45) is 3.53. The number of nitrogens with one attached hydrogen (secondary N) is 1. The van der Waals surface area contributed by atoms with E-state index in [4.69, 9.17) is 0 Å². The van der Waals surface area contributed by atoms with Crippen molar-refractivity contribution in [3.8, 4) is 0 Å². The summed E-state index contributed by atoms with van der Waals surface area (Å²) < 4.78 is 0. The van der Waals surface area contributed by atoms with Crippen molar-refractivity contribution in [2.75, 3.05) is 0 Å². The molecule has 1 aromatic heterocycles. The van der Waals surface area contributed by atoms with Gasteiger partial charge >= 0.3 is 0 Å². The second-order valence-corrected chi connectivity index (χ2v) is 10.6. The third-order valence-corrected chi connectivity index (χ3v) is 9.50.